The van der Waals surface area contributed by atoms with Gasteiger partial charge in [0.05, 0.1) is 11.1 Å². The Hall–Kier alpha value is -3.72. The zero-order valence-electron chi connectivity index (χ0n) is 14.6. The van der Waals surface area contributed by atoms with E-state index in [1.807, 2.05) is 36.4 Å². The minimum atomic E-state index is 0.677. The Balaban J connectivity index is 1.82. The fraction of sp³-hybridized carbons (Fsp3) is 0. The molecule has 5 rings (SSSR count). The lowest BCUT2D eigenvalue weighted by Gasteiger charge is -2.10. The number of rotatable bonds is 3. The molecule has 1 aliphatic rings. The van der Waals surface area contributed by atoms with Gasteiger partial charge in [-0.3, -0.25) is 4.79 Å². The van der Waals surface area contributed by atoms with Crippen molar-refractivity contribution in [3.63, 3.8) is 0 Å². The summed E-state index contributed by atoms with van der Waals surface area (Å²) in [7, 11) is 0. The summed E-state index contributed by atoms with van der Waals surface area (Å²) in [6.07, 6.45) is 5.01. The summed E-state index contributed by atoms with van der Waals surface area (Å²) in [6.45, 7) is 0. The summed E-state index contributed by atoms with van der Waals surface area (Å²) in [4.78, 5) is 17.8. The van der Waals surface area contributed by atoms with Gasteiger partial charge in [-0.05, 0) is 17.7 Å². The van der Waals surface area contributed by atoms with Crippen molar-refractivity contribution in [2.75, 3.05) is 0 Å². The van der Waals surface area contributed by atoms with Crippen LogP contribution in [0.4, 0.5) is 5.69 Å². The lowest BCUT2D eigenvalue weighted by molar-refractivity contribution is -0.342. The van der Waals surface area contributed by atoms with Gasteiger partial charge in [0, 0.05) is 39.9 Å². The first-order valence-electron chi connectivity index (χ1n) is 8.91. The number of carbonyl (C=O) groups excluding carboxylic acids is 1. The van der Waals surface area contributed by atoms with E-state index < -0.39 is 0 Å². The fourth-order valence-electron chi connectivity index (χ4n) is 3.74. The van der Waals surface area contributed by atoms with Gasteiger partial charge in [-0.1, -0.05) is 54.6 Å². The maximum atomic E-state index is 11.1. The van der Waals surface area contributed by atoms with Gasteiger partial charge >= 0.3 is 0 Å². The molecule has 1 aromatic heterocycles. The molecule has 1 aliphatic heterocycles. The second-order valence-electron chi connectivity index (χ2n) is 6.61. The van der Waals surface area contributed by atoms with Crippen LogP contribution >= 0.6 is 0 Å². The summed E-state index contributed by atoms with van der Waals surface area (Å²) >= 11 is 0. The Morgan fingerprint density at radius 1 is 0.889 bits per heavy atom. The van der Waals surface area contributed by atoms with Crippen molar-refractivity contribution in [3.05, 3.63) is 101 Å². The SMILES string of the molecule is O=Cc1ccc(/C(=C2/C=[NH+]c3ccccc32)c2c[nH]c3ccccc23)cc1. The molecule has 3 aromatic carbocycles. The third kappa shape index (κ3) is 2.52. The first kappa shape index (κ1) is 15.5. The number of H-pyrrole nitrogens is 1. The van der Waals surface area contributed by atoms with Gasteiger partial charge in [-0.15, -0.1) is 0 Å². The van der Waals surface area contributed by atoms with Crippen LogP contribution in [0, 0.1) is 0 Å². The van der Waals surface area contributed by atoms with Gasteiger partial charge in [0.15, 0.2) is 6.21 Å². The molecule has 0 radical (unpaired) electrons. The van der Waals surface area contributed by atoms with E-state index in [0.717, 1.165) is 39.8 Å². The van der Waals surface area contributed by atoms with Crippen molar-refractivity contribution in [1.82, 2.24) is 4.98 Å². The molecule has 2 heterocycles. The first-order valence-corrected chi connectivity index (χ1v) is 8.91. The number of fused-ring (bicyclic) bond motifs is 2. The van der Waals surface area contributed by atoms with E-state index >= 15 is 0 Å². The molecule has 3 heteroatoms. The van der Waals surface area contributed by atoms with Crippen LogP contribution < -0.4 is 4.99 Å². The summed E-state index contributed by atoms with van der Waals surface area (Å²) in [5.74, 6) is 0. The van der Waals surface area contributed by atoms with Crippen LogP contribution in [0.3, 0.4) is 0 Å². The van der Waals surface area contributed by atoms with Crippen molar-refractivity contribution in [3.8, 4) is 0 Å². The maximum absolute atomic E-state index is 11.1. The number of aromatic nitrogens is 1. The van der Waals surface area contributed by atoms with Gasteiger partial charge in [0.1, 0.15) is 6.29 Å². The molecule has 128 valence electrons. The molecule has 0 saturated carbocycles. The monoisotopic (exact) mass is 349 g/mol. The van der Waals surface area contributed by atoms with Crippen molar-refractivity contribution in [2.24, 2.45) is 0 Å². The average molecular weight is 349 g/mol. The van der Waals surface area contributed by atoms with E-state index in [1.54, 1.807) is 0 Å². The predicted octanol–water partition coefficient (Wildman–Crippen LogP) is 3.74. The van der Waals surface area contributed by atoms with Gasteiger partial charge in [-0.25, -0.2) is 4.99 Å². The van der Waals surface area contributed by atoms with E-state index in [4.69, 9.17) is 0 Å². The molecular formula is C24H17N2O+. The van der Waals surface area contributed by atoms with Crippen LogP contribution in [-0.4, -0.2) is 17.5 Å². The highest BCUT2D eigenvalue weighted by Gasteiger charge is 2.24. The Kier molecular flexibility index (Phi) is 3.58. The summed E-state index contributed by atoms with van der Waals surface area (Å²) in [5, 5.41) is 1.18. The van der Waals surface area contributed by atoms with Gasteiger partial charge < -0.3 is 4.98 Å². The standard InChI is InChI=1S/C24H16N2O/c27-15-16-9-11-17(12-10-16)24(20-13-25-22-7-3-1-5-18(20)22)21-14-26-23-8-4-2-6-19(21)23/h1-15,25H/p+1/b24-21+. The second-order valence-corrected chi connectivity index (χ2v) is 6.61. The van der Waals surface area contributed by atoms with Crippen LogP contribution in [-0.2, 0) is 0 Å². The number of para-hydroxylation sites is 2. The molecule has 0 saturated heterocycles. The van der Waals surface area contributed by atoms with Crippen molar-refractivity contribution >= 4 is 40.2 Å². The number of aldehydes is 1. The molecule has 0 unspecified atom stereocenters. The molecule has 0 aliphatic carbocycles. The van der Waals surface area contributed by atoms with E-state index in [-0.39, 0.29) is 0 Å². The molecule has 4 aromatic rings. The number of benzene rings is 3. The van der Waals surface area contributed by atoms with Gasteiger partial charge in [-0.2, -0.15) is 0 Å². The van der Waals surface area contributed by atoms with Crippen LogP contribution in [0.1, 0.15) is 27.0 Å². The number of aromatic amines is 1. The third-order valence-electron chi connectivity index (χ3n) is 5.05. The predicted molar refractivity (Wildman–Crippen MR) is 109 cm³/mol. The van der Waals surface area contributed by atoms with Crippen molar-refractivity contribution in [1.29, 1.82) is 0 Å². The number of nitrogens with one attached hydrogen (secondary N) is 2. The highest BCUT2D eigenvalue weighted by Crippen LogP contribution is 2.37. The minimum absolute atomic E-state index is 0.677. The molecule has 27 heavy (non-hydrogen) atoms. The second kappa shape index (κ2) is 6.22. The molecular weight excluding hydrogens is 332 g/mol. The summed E-state index contributed by atoms with van der Waals surface area (Å²) in [5.41, 5.74) is 8.58. The molecule has 3 nitrogen and oxygen atoms in total. The molecule has 2 N–H and O–H groups in total. The molecule has 0 amide bonds. The maximum Gasteiger partial charge on any atom is 0.211 e. The summed E-state index contributed by atoms with van der Waals surface area (Å²) < 4.78 is 0. The third-order valence-corrected chi connectivity index (χ3v) is 5.05. The highest BCUT2D eigenvalue weighted by atomic mass is 16.1. The van der Waals surface area contributed by atoms with Gasteiger partial charge in [0.2, 0.25) is 5.69 Å². The van der Waals surface area contributed by atoms with Crippen molar-refractivity contribution in [2.45, 2.75) is 0 Å². The molecule has 0 bridgehead atoms. The van der Waals surface area contributed by atoms with Gasteiger partial charge in [0.25, 0.3) is 0 Å². The first-order chi connectivity index (χ1) is 13.3. The summed E-state index contributed by atoms with van der Waals surface area (Å²) in [6, 6.07) is 24.4. The minimum Gasteiger partial charge on any atom is -0.361 e. The Morgan fingerprint density at radius 3 is 2.52 bits per heavy atom. The molecule has 0 atom stereocenters. The number of carbonyl (C=O) groups is 1. The quantitative estimate of drug-likeness (QED) is 0.544. The Labute approximate surface area is 156 Å². The van der Waals surface area contributed by atoms with E-state index in [0.29, 0.717) is 5.56 Å². The number of hydrogen-bond donors (Lipinski definition) is 2. The van der Waals surface area contributed by atoms with E-state index in [2.05, 4.69) is 58.8 Å². The Bertz CT molecular complexity index is 1230. The van der Waals surface area contributed by atoms with E-state index in [9.17, 15) is 4.79 Å². The van der Waals surface area contributed by atoms with Crippen LogP contribution in [0.5, 0.6) is 0 Å². The molecule has 0 spiro atoms. The van der Waals surface area contributed by atoms with Crippen molar-refractivity contribution < 1.29 is 9.79 Å². The normalized spacial score (nSPS) is 14.4. The zero-order chi connectivity index (χ0) is 18.2. The Morgan fingerprint density at radius 2 is 1.67 bits per heavy atom. The van der Waals surface area contributed by atoms with Crippen LogP contribution in [0.15, 0.2) is 79.0 Å². The number of allylic oxidation sites excluding steroid dienone is 1. The van der Waals surface area contributed by atoms with Crippen LogP contribution in [0.2, 0.25) is 0 Å². The smallest absolute Gasteiger partial charge is 0.211 e. The van der Waals surface area contributed by atoms with Crippen LogP contribution in [0.25, 0.3) is 22.0 Å². The fourth-order valence-corrected chi connectivity index (χ4v) is 3.74. The molecule has 0 fully saturated rings. The largest absolute Gasteiger partial charge is 0.361 e. The number of hydrogen-bond acceptors (Lipinski definition) is 1. The topological polar surface area (TPSA) is 46.8 Å². The highest BCUT2D eigenvalue weighted by molar-refractivity contribution is 6.24. The lowest BCUT2D eigenvalue weighted by atomic mass is 9.90. The average Bonchev–Trinajstić information content (AvgIpc) is 3.34. The lowest BCUT2D eigenvalue weighted by Crippen LogP contribution is -2.58. The van der Waals surface area contributed by atoms with E-state index in [1.165, 1.54) is 10.9 Å². The zero-order valence-corrected chi connectivity index (χ0v) is 14.6.